The van der Waals surface area contributed by atoms with Crippen LogP contribution in [0.2, 0.25) is 5.02 Å². The lowest BCUT2D eigenvalue weighted by Crippen LogP contribution is -2.50. The number of carbonyl (C=O) groups excluding carboxylic acids is 1. The molecule has 1 aliphatic heterocycles. The lowest BCUT2D eigenvalue weighted by Gasteiger charge is -2.36. The molecule has 0 spiro atoms. The largest absolute Gasteiger partial charge is 0.484 e. The Morgan fingerprint density at radius 3 is 2.60 bits per heavy atom. The Bertz CT molecular complexity index is 761. The van der Waals surface area contributed by atoms with E-state index < -0.39 is 5.82 Å². The van der Waals surface area contributed by atoms with E-state index in [0.29, 0.717) is 18.8 Å². The highest BCUT2D eigenvalue weighted by Gasteiger charge is 2.21. The standard InChI is InChI=1S/C19H20ClFN2O2/c1-14-3-2-4-15(11-14)22-7-9-23(10-8-22)19(24)13-25-16-5-6-18(21)17(20)12-16/h2-6,11-12H,7-10,13H2,1H3. The Hall–Kier alpha value is -2.27. The third-order valence-corrected chi connectivity index (χ3v) is 4.54. The minimum absolute atomic E-state index is 0.0169. The molecule has 0 atom stereocenters. The van der Waals surface area contributed by atoms with Crippen LogP contribution in [-0.4, -0.2) is 43.6 Å². The van der Waals surface area contributed by atoms with Gasteiger partial charge < -0.3 is 14.5 Å². The minimum atomic E-state index is -0.507. The lowest BCUT2D eigenvalue weighted by molar-refractivity contribution is -0.133. The molecule has 4 nitrogen and oxygen atoms in total. The Balaban J connectivity index is 1.50. The number of amides is 1. The monoisotopic (exact) mass is 362 g/mol. The molecule has 0 radical (unpaired) electrons. The van der Waals surface area contributed by atoms with Gasteiger partial charge in [0, 0.05) is 37.9 Å². The molecule has 6 heteroatoms. The number of hydrogen-bond acceptors (Lipinski definition) is 3. The highest BCUT2D eigenvalue weighted by atomic mass is 35.5. The predicted molar refractivity (Wildman–Crippen MR) is 96.9 cm³/mol. The van der Waals surface area contributed by atoms with Crippen molar-refractivity contribution in [3.8, 4) is 5.75 Å². The molecule has 3 rings (SSSR count). The van der Waals surface area contributed by atoms with E-state index in [2.05, 4.69) is 30.0 Å². The summed E-state index contributed by atoms with van der Waals surface area (Å²) < 4.78 is 18.6. The molecule has 0 aromatic heterocycles. The molecule has 132 valence electrons. The first kappa shape index (κ1) is 17.5. The van der Waals surface area contributed by atoms with Gasteiger partial charge in [-0.1, -0.05) is 23.7 Å². The number of hydrogen-bond donors (Lipinski definition) is 0. The molecule has 25 heavy (non-hydrogen) atoms. The van der Waals surface area contributed by atoms with Crippen molar-refractivity contribution in [2.75, 3.05) is 37.7 Å². The molecule has 0 unspecified atom stereocenters. The number of ether oxygens (including phenoxy) is 1. The number of anilines is 1. The molecular weight excluding hydrogens is 343 g/mol. The van der Waals surface area contributed by atoms with Crippen LogP contribution < -0.4 is 9.64 Å². The van der Waals surface area contributed by atoms with Gasteiger partial charge in [-0.3, -0.25) is 4.79 Å². The summed E-state index contributed by atoms with van der Waals surface area (Å²) in [6, 6.07) is 12.4. The van der Waals surface area contributed by atoms with Crippen molar-refractivity contribution < 1.29 is 13.9 Å². The second-order valence-corrected chi connectivity index (χ2v) is 6.48. The van der Waals surface area contributed by atoms with Gasteiger partial charge in [0.1, 0.15) is 11.6 Å². The topological polar surface area (TPSA) is 32.8 Å². The summed E-state index contributed by atoms with van der Waals surface area (Å²) in [5.41, 5.74) is 2.41. The summed E-state index contributed by atoms with van der Waals surface area (Å²) in [5.74, 6) is -0.199. The zero-order valence-corrected chi connectivity index (χ0v) is 14.8. The van der Waals surface area contributed by atoms with Gasteiger partial charge in [-0.15, -0.1) is 0 Å². The normalized spacial score (nSPS) is 14.5. The molecule has 1 amide bonds. The van der Waals surface area contributed by atoms with Crippen molar-refractivity contribution in [1.29, 1.82) is 0 Å². The maximum absolute atomic E-state index is 13.1. The Kier molecular flexibility index (Phi) is 5.43. The van der Waals surface area contributed by atoms with Crippen molar-refractivity contribution >= 4 is 23.2 Å². The van der Waals surface area contributed by atoms with Crippen molar-refractivity contribution in [3.05, 3.63) is 58.9 Å². The molecule has 1 saturated heterocycles. The third-order valence-electron chi connectivity index (χ3n) is 4.25. The molecule has 0 saturated carbocycles. The fourth-order valence-electron chi connectivity index (χ4n) is 2.84. The maximum atomic E-state index is 13.1. The quantitative estimate of drug-likeness (QED) is 0.834. The summed E-state index contributed by atoms with van der Waals surface area (Å²) in [4.78, 5) is 16.4. The van der Waals surface area contributed by atoms with Crippen LogP contribution >= 0.6 is 11.6 Å². The van der Waals surface area contributed by atoms with Gasteiger partial charge in [0.2, 0.25) is 0 Å². The van der Waals surface area contributed by atoms with Crippen molar-refractivity contribution in [2.45, 2.75) is 6.92 Å². The zero-order chi connectivity index (χ0) is 17.8. The van der Waals surface area contributed by atoms with Crippen LogP contribution in [0.5, 0.6) is 5.75 Å². The average molecular weight is 363 g/mol. The van der Waals surface area contributed by atoms with E-state index in [9.17, 15) is 9.18 Å². The Morgan fingerprint density at radius 1 is 1.16 bits per heavy atom. The Morgan fingerprint density at radius 2 is 1.92 bits per heavy atom. The number of halogens is 2. The van der Waals surface area contributed by atoms with Gasteiger partial charge in [-0.2, -0.15) is 0 Å². The van der Waals surface area contributed by atoms with E-state index in [4.69, 9.17) is 16.3 Å². The lowest BCUT2D eigenvalue weighted by atomic mass is 10.2. The number of piperazine rings is 1. The van der Waals surface area contributed by atoms with Crippen LogP contribution in [0.4, 0.5) is 10.1 Å². The summed E-state index contributed by atoms with van der Waals surface area (Å²) >= 11 is 5.71. The molecule has 0 aliphatic carbocycles. The van der Waals surface area contributed by atoms with E-state index in [1.54, 1.807) is 4.90 Å². The van der Waals surface area contributed by atoms with Crippen LogP contribution in [0.3, 0.4) is 0 Å². The summed E-state index contributed by atoms with van der Waals surface area (Å²) in [5, 5.41) is -0.0169. The number of rotatable bonds is 4. The molecule has 2 aromatic rings. The third kappa shape index (κ3) is 4.42. The summed E-state index contributed by atoms with van der Waals surface area (Å²) in [7, 11) is 0. The van der Waals surface area contributed by atoms with Crippen molar-refractivity contribution in [1.82, 2.24) is 4.90 Å². The maximum Gasteiger partial charge on any atom is 0.260 e. The Labute approximate surface area is 151 Å². The van der Waals surface area contributed by atoms with E-state index in [-0.39, 0.29) is 17.5 Å². The van der Waals surface area contributed by atoms with Crippen LogP contribution in [-0.2, 0) is 4.79 Å². The van der Waals surface area contributed by atoms with E-state index in [1.165, 1.54) is 29.4 Å². The second kappa shape index (κ2) is 7.74. The number of aryl methyl sites for hydroxylation is 1. The van der Waals surface area contributed by atoms with Gasteiger partial charge in [-0.05, 0) is 36.8 Å². The molecule has 1 heterocycles. The summed E-state index contributed by atoms with van der Waals surface area (Å²) in [6.07, 6.45) is 0. The fourth-order valence-corrected chi connectivity index (χ4v) is 3.01. The van der Waals surface area contributed by atoms with Gasteiger partial charge in [0.05, 0.1) is 5.02 Å². The minimum Gasteiger partial charge on any atom is -0.484 e. The second-order valence-electron chi connectivity index (χ2n) is 6.07. The highest BCUT2D eigenvalue weighted by Crippen LogP contribution is 2.21. The number of carbonyl (C=O) groups is 1. The highest BCUT2D eigenvalue weighted by molar-refractivity contribution is 6.30. The van der Waals surface area contributed by atoms with Crippen LogP contribution in [0.15, 0.2) is 42.5 Å². The van der Waals surface area contributed by atoms with Crippen LogP contribution in [0.25, 0.3) is 0 Å². The summed E-state index contributed by atoms with van der Waals surface area (Å²) in [6.45, 7) is 4.88. The van der Waals surface area contributed by atoms with Gasteiger partial charge >= 0.3 is 0 Å². The first-order valence-corrected chi connectivity index (χ1v) is 8.58. The van der Waals surface area contributed by atoms with Crippen LogP contribution in [0.1, 0.15) is 5.56 Å². The van der Waals surface area contributed by atoms with E-state index in [0.717, 1.165) is 13.1 Å². The molecule has 1 fully saturated rings. The predicted octanol–water partition coefficient (Wildman–Crippen LogP) is 3.52. The molecular formula is C19H20ClFN2O2. The fraction of sp³-hybridized carbons (Fsp3) is 0.316. The van der Waals surface area contributed by atoms with Gasteiger partial charge in [0.15, 0.2) is 6.61 Å². The first-order chi connectivity index (χ1) is 12.0. The van der Waals surface area contributed by atoms with Crippen molar-refractivity contribution in [3.63, 3.8) is 0 Å². The molecule has 1 aliphatic rings. The van der Waals surface area contributed by atoms with Crippen molar-refractivity contribution in [2.24, 2.45) is 0 Å². The number of nitrogens with zero attached hydrogens (tertiary/aromatic N) is 2. The SMILES string of the molecule is Cc1cccc(N2CCN(C(=O)COc3ccc(F)c(Cl)c3)CC2)c1. The zero-order valence-electron chi connectivity index (χ0n) is 14.0. The molecule has 2 aromatic carbocycles. The smallest absolute Gasteiger partial charge is 0.260 e. The van der Waals surface area contributed by atoms with E-state index >= 15 is 0 Å². The number of benzene rings is 2. The average Bonchev–Trinajstić information content (AvgIpc) is 2.62. The molecule has 0 bridgehead atoms. The van der Waals surface area contributed by atoms with E-state index in [1.807, 2.05) is 6.07 Å². The van der Waals surface area contributed by atoms with Gasteiger partial charge in [0.25, 0.3) is 5.91 Å². The molecule has 0 N–H and O–H groups in total. The van der Waals surface area contributed by atoms with Gasteiger partial charge in [-0.25, -0.2) is 4.39 Å². The first-order valence-electron chi connectivity index (χ1n) is 8.20. The van der Waals surface area contributed by atoms with Crippen LogP contribution in [0, 0.1) is 12.7 Å².